The molecule has 14 heteroatoms. The molecule has 0 aliphatic heterocycles. The molecule has 0 saturated heterocycles. The van der Waals surface area contributed by atoms with E-state index in [1.165, 1.54) is 13.0 Å². The molecule has 0 amide bonds. The van der Waals surface area contributed by atoms with Crippen LogP contribution in [0.5, 0.6) is 5.75 Å². The van der Waals surface area contributed by atoms with Gasteiger partial charge >= 0.3 is 6.36 Å². The highest BCUT2D eigenvalue weighted by Crippen LogP contribution is 2.37. The lowest BCUT2D eigenvalue weighted by molar-refractivity contribution is -0.275. The summed E-state index contributed by atoms with van der Waals surface area (Å²) >= 11 is 5.73. The summed E-state index contributed by atoms with van der Waals surface area (Å²) in [6, 6.07) is 4.20. The van der Waals surface area contributed by atoms with Crippen LogP contribution in [0.4, 0.5) is 17.6 Å². The molecule has 0 radical (unpaired) electrons. The van der Waals surface area contributed by atoms with E-state index in [9.17, 15) is 26.0 Å². The Labute approximate surface area is 191 Å². The molecular formula is C19H18ClF4N5O3S. The largest absolute Gasteiger partial charge is 0.573 e. The van der Waals surface area contributed by atoms with Gasteiger partial charge < -0.3 is 4.74 Å². The highest BCUT2D eigenvalue weighted by molar-refractivity contribution is 7.89. The summed E-state index contributed by atoms with van der Waals surface area (Å²) in [5, 5.41) is 13.0. The van der Waals surface area contributed by atoms with Gasteiger partial charge in [0.15, 0.2) is 11.6 Å². The number of benzene rings is 2. The molecule has 3 aromatic rings. The zero-order valence-electron chi connectivity index (χ0n) is 17.4. The van der Waals surface area contributed by atoms with Crippen LogP contribution in [0.15, 0.2) is 35.2 Å². The van der Waals surface area contributed by atoms with Gasteiger partial charge in [0.05, 0.1) is 6.04 Å². The van der Waals surface area contributed by atoms with E-state index >= 15 is 0 Å². The van der Waals surface area contributed by atoms with Crippen molar-refractivity contribution in [3.63, 3.8) is 0 Å². The Bertz CT molecular complexity index is 1250. The van der Waals surface area contributed by atoms with E-state index in [1.54, 1.807) is 19.9 Å². The van der Waals surface area contributed by atoms with E-state index in [1.807, 2.05) is 0 Å². The molecule has 0 unspecified atom stereocenters. The number of ether oxygens (including phenoxy) is 1. The third-order valence-corrected chi connectivity index (χ3v) is 6.75. The van der Waals surface area contributed by atoms with Gasteiger partial charge in [-0.3, -0.25) is 0 Å². The fraction of sp³-hybridized carbons (Fsp3) is 0.316. The summed E-state index contributed by atoms with van der Waals surface area (Å²) in [6.07, 6.45) is -5.17. The van der Waals surface area contributed by atoms with Crippen LogP contribution in [-0.2, 0) is 10.0 Å². The number of H-pyrrole nitrogens is 1. The van der Waals surface area contributed by atoms with Crippen molar-refractivity contribution >= 4 is 21.6 Å². The molecule has 0 spiro atoms. The molecule has 0 bridgehead atoms. The van der Waals surface area contributed by atoms with E-state index in [0.29, 0.717) is 5.56 Å². The summed E-state index contributed by atoms with van der Waals surface area (Å²) in [5.41, 5.74) is 1.52. The first-order valence-corrected chi connectivity index (χ1v) is 11.2. The van der Waals surface area contributed by atoms with Gasteiger partial charge in [-0.2, -0.15) is 9.94 Å². The average molecular weight is 508 g/mol. The van der Waals surface area contributed by atoms with Crippen molar-refractivity contribution in [2.45, 2.75) is 44.0 Å². The first-order valence-electron chi connectivity index (χ1n) is 9.36. The number of tetrazole rings is 1. The maximum Gasteiger partial charge on any atom is 0.573 e. The molecule has 8 nitrogen and oxygen atoms in total. The van der Waals surface area contributed by atoms with Gasteiger partial charge in [-0.25, -0.2) is 12.8 Å². The number of alkyl halides is 3. The van der Waals surface area contributed by atoms with Gasteiger partial charge in [0, 0.05) is 17.0 Å². The topological polar surface area (TPSA) is 110 Å². The van der Waals surface area contributed by atoms with Gasteiger partial charge in [-0.1, -0.05) is 29.8 Å². The summed E-state index contributed by atoms with van der Waals surface area (Å²) < 4.78 is 85.7. The third-order valence-electron chi connectivity index (χ3n) is 5.03. The normalized spacial score (nSPS) is 14.2. The van der Waals surface area contributed by atoms with Gasteiger partial charge in [-0.05, 0) is 48.7 Å². The molecule has 2 atom stereocenters. The minimum Gasteiger partial charge on any atom is -0.404 e. The smallest absolute Gasteiger partial charge is 0.404 e. The van der Waals surface area contributed by atoms with Crippen LogP contribution in [0.1, 0.15) is 41.4 Å². The van der Waals surface area contributed by atoms with Crippen LogP contribution in [0.3, 0.4) is 0 Å². The predicted molar refractivity (Wildman–Crippen MR) is 110 cm³/mol. The Hall–Kier alpha value is -2.77. The van der Waals surface area contributed by atoms with Gasteiger partial charge in [0.25, 0.3) is 0 Å². The molecular weight excluding hydrogens is 490 g/mol. The maximum absolute atomic E-state index is 14.7. The fourth-order valence-corrected chi connectivity index (χ4v) is 4.89. The second-order valence-electron chi connectivity index (χ2n) is 7.20. The standard InChI is InChI=1S/C19H18ClF4N5O3S/c1-9-4-6-13(21)16(10(9)2)11(3)17(18-25-28-29-26-18)27-33(30,31)15-7-5-12(20)8-14(15)32-19(22,23)24/h4-8,11,17,27H,1-3H3,(H,25,26,28,29)/t11-,17+/m1/s1. The first-order chi connectivity index (χ1) is 15.3. The minimum absolute atomic E-state index is 0.140. The SMILES string of the molecule is Cc1ccc(F)c([C@@H](C)[C@H](NS(=O)(=O)c2ccc(Cl)cc2OC(F)(F)F)c2nn[nH]n2)c1C. The van der Waals surface area contributed by atoms with Crippen LogP contribution in [-0.4, -0.2) is 35.4 Å². The summed E-state index contributed by atoms with van der Waals surface area (Å²) in [5.74, 6) is -2.64. The Balaban J connectivity index is 2.08. The molecule has 3 rings (SSSR count). The number of halogens is 5. The molecule has 1 heterocycles. The molecule has 0 aliphatic rings. The zero-order chi connectivity index (χ0) is 24.6. The number of hydrogen-bond acceptors (Lipinski definition) is 6. The zero-order valence-corrected chi connectivity index (χ0v) is 19.0. The van der Waals surface area contributed by atoms with Crippen molar-refractivity contribution in [1.29, 1.82) is 0 Å². The van der Waals surface area contributed by atoms with Crippen molar-refractivity contribution in [2.75, 3.05) is 0 Å². The highest BCUT2D eigenvalue weighted by atomic mass is 35.5. The number of aryl methyl sites for hydroxylation is 1. The van der Waals surface area contributed by atoms with E-state index in [-0.39, 0.29) is 16.4 Å². The van der Waals surface area contributed by atoms with Crippen molar-refractivity contribution in [3.8, 4) is 5.75 Å². The number of aromatic amines is 1. The van der Waals surface area contributed by atoms with Crippen molar-refractivity contribution in [2.24, 2.45) is 0 Å². The lowest BCUT2D eigenvalue weighted by Gasteiger charge is -2.25. The average Bonchev–Trinajstić information content (AvgIpc) is 3.22. The van der Waals surface area contributed by atoms with Gasteiger partial charge in [0.2, 0.25) is 10.0 Å². The molecule has 2 aromatic carbocycles. The van der Waals surface area contributed by atoms with Crippen LogP contribution < -0.4 is 9.46 Å². The second kappa shape index (κ2) is 9.23. The summed E-state index contributed by atoms with van der Waals surface area (Å²) in [6.45, 7) is 4.96. The van der Waals surface area contributed by atoms with Crippen LogP contribution >= 0.6 is 11.6 Å². The molecule has 0 saturated carbocycles. The fourth-order valence-electron chi connectivity index (χ4n) is 3.35. The van der Waals surface area contributed by atoms with Crippen molar-refractivity contribution in [1.82, 2.24) is 25.3 Å². The highest BCUT2D eigenvalue weighted by Gasteiger charge is 2.37. The van der Waals surface area contributed by atoms with E-state index in [4.69, 9.17) is 11.6 Å². The number of aromatic nitrogens is 4. The van der Waals surface area contributed by atoms with Gasteiger partial charge in [-0.15, -0.1) is 23.4 Å². The van der Waals surface area contributed by atoms with Crippen LogP contribution in [0.25, 0.3) is 0 Å². The number of rotatable bonds is 7. The number of nitrogens with one attached hydrogen (secondary N) is 2. The number of nitrogens with zero attached hydrogens (tertiary/aromatic N) is 3. The minimum atomic E-state index is -5.17. The Morgan fingerprint density at radius 3 is 2.48 bits per heavy atom. The molecule has 2 N–H and O–H groups in total. The Kier molecular flexibility index (Phi) is 6.96. The molecule has 178 valence electrons. The Morgan fingerprint density at radius 2 is 1.88 bits per heavy atom. The van der Waals surface area contributed by atoms with E-state index in [2.05, 4.69) is 30.1 Å². The quantitative estimate of drug-likeness (QED) is 0.461. The van der Waals surface area contributed by atoms with Crippen LogP contribution in [0, 0.1) is 19.7 Å². The Morgan fingerprint density at radius 1 is 1.18 bits per heavy atom. The van der Waals surface area contributed by atoms with Crippen molar-refractivity contribution < 1.29 is 30.7 Å². The first kappa shape index (κ1) is 24.9. The maximum atomic E-state index is 14.7. The summed E-state index contributed by atoms with van der Waals surface area (Å²) in [7, 11) is -4.67. The summed E-state index contributed by atoms with van der Waals surface area (Å²) in [4.78, 5) is -0.827. The molecule has 1 aromatic heterocycles. The predicted octanol–water partition coefficient (Wildman–Crippen LogP) is 4.33. The lowest BCUT2D eigenvalue weighted by atomic mass is 9.88. The number of hydrogen-bond donors (Lipinski definition) is 2. The van der Waals surface area contributed by atoms with Crippen LogP contribution in [0.2, 0.25) is 5.02 Å². The van der Waals surface area contributed by atoms with Gasteiger partial charge in [0.1, 0.15) is 10.7 Å². The second-order valence-corrected chi connectivity index (χ2v) is 9.32. The molecule has 0 aliphatic carbocycles. The third kappa shape index (κ3) is 5.60. The van der Waals surface area contributed by atoms with Crippen molar-refractivity contribution in [3.05, 3.63) is 63.7 Å². The van der Waals surface area contributed by atoms with E-state index < -0.39 is 44.8 Å². The molecule has 0 fully saturated rings. The monoisotopic (exact) mass is 507 g/mol. The lowest BCUT2D eigenvalue weighted by Crippen LogP contribution is -2.34. The number of sulfonamides is 1. The van der Waals surface area contributed by atoms with E-state index in [0.717, 1.165) is 23.8 Å². The molecule has 33 heavy (non-hydrogen) atoms.